The van der Waals surface area contributed by atoms with Crippen molar-refractivity contribution < 1.29 is 9.66 Å². The third kappa shape index (κ3) is 5.28. The van der Waals surface area contributed by atoms with Crippen LogP contribution in [0, 0.1) is 10.1 Å². The lowest BCUT2D eigenvalue weighted by atomic mass is 10.2. The molecule has 5 nitrogen and oxygen atoms in total. The number of hydrogen-bond donors (Lipinski definition) is 1. The van der Waals surface area contributed by atoms with Gasteiger partial charge >= 0.3 is 5.69 Å². The van der Waals surface area contributed by atoms with E-state index < -0.39 is 4.92 Å². The summed E-state index contributed by atoms with van der Waals surface area (Å²) < 4.78 is 5.45. The van der Waals surface area contributed by atoms with Crippen LogP contribution in [0.1, 0.15) is 26.7 Å². The fourth-order valence-electron chi connectivity index (χ4n) is 1.64. The van der Waals surface area contributed by atoms with Crippen molar-refractivity contribution in [3.05, 3.63) is 28.3 Å². The second kappa shape index (κ2) is 8.68. The Hall–Kier alpha value is -1.43. The van der Waals surface area contributed by atoms with E-state index in [-0.39, 0.29) is 5.69 Å². The van der Waals surface area contributed by atoms with Gasteiger partial charge in [-0.1, -0.05) is 13.8 Å². The Morgan fingerprint density at radius 2 is 2.25 bits per heavy atom. The summed E-state index contributed by atoms with van der Waals surface area (Å²) >= 11 is 1.83. The van der Waals surface area contributed by atoms with Crippen LogP contribution in [0.2, 0.25) is 0 Å². The Balaban J connectivity index is 2.70. The fourth-order valence-corrected chi connectivity index (χ4v) is 1.99. The van der Waals surface area contributed by atoms with Crippen molar-refractivity contribution in [3.8, 4) is 5.75 Å². The molecule has 0 aliphatic heterocycles. The van der Waals surface area contributed by atoms with Crippen LogP contribution in [0.5, 0.6) is 5.75 Å². The normalized spacial score (nSPS) is 11.9. The number of anilines is 1. The Morgan fingerprint density at radius 3 is 2.85 bits per heavy atom. The lowest BCUT2D eigenvalue weighted by Gasteiger charge is -2.12. The van der Waals surface area contributed by atoms with Crippen molar-refractivity contribution in [2.24, 2.45) is 0 Å². The number of nitrogens with zero attached hydrogens (tertiary/aromatic N) is 1. The van der Waals surface area contributed by atoms with Crippen LogP contribution < -0.4 is 10.1 Å². The molecule has 0 radical (unpaired) electrons. The number of rotatable bonds is 9. The molecule has 1 aromatic carbocycles. The number of ether oxygens (including phenoxy) is 1. The van der Waals surface area contributed by atoms with E-state index in [1.165, 1.54) is 6.07 Å². The van der Waals surface area contributed by atoms with Gasteiger partial charge in [0.15, 0.2) is 5.75 Å². The van der Waals surface area contributed by atoms with Crippen LogP contribution in [0.15, 0.2) is 18.2 Å². The van der Waals surface area contributed by atoms with E-state index in [0.29, 0.717) is 17.6 Å². The highest BCUT2D eigenvalue weighted by Gasteiger charge is 2.15. The monoisotopic (exact) mass is 298 g/mol. The van der Waals surface area contributed by atoms with E-state index in [1.54, 1.807) is 12.1 Å². The maximum Gasteiger partial charge on any atom is 0.311 e. The first-order chi connectivity index (χ1) is 9.58. The minimum absolute atomic E-state index is 0.0153. The molecule has 0 aromatic heterocycles. The molecule has 0 aliphatic carbocycles. The van der Waals surface area contributed by atoms with E-state index in [2.05, 4.69) is 18.5 Å². The van der Waals surface area contributed by atoms with Crippen molar-refractivity contribution in [2.75, 3.05) is 24.7 Å². The molecule has 0 heterocycles. The van der Waals surface area contributed by atoms with Crippen LogP contribution in [0.3, 0.4) is 0 Å². The van der Waals surface area contributed by atoms with Crippen LogP contribution in [-0.4, -0.2) is 29.6 Å². The van der Waals surface area contributed by atoms with Gasteiger partial charge < -0.3 is 10.1 Å². The number of benzene rings is 1. The topological polar surface area (TPSA) is 64.4 Å². The van der Waals surface area contributed by atoms with Crippen LogP contribution in [0.4, 0.5) is 11.4 Å². The Kier molecular flexibility index (Phi) is 7.22. The van der Waals surface area contributed by atoms with Crippen molar-refractivity contribution in [3.63, 3.8) is 0 Å². The molecule has 20 heavy (non-hydrogen) atoms. The first-order valence-electron chi connectivity index (χ1n) is 6.76. The summed E-state index contributed by atoms with van der Waals surface area (Å²) in [5.41, 5.74) is 0.872. The number of nitrogens with one attached hydrogen (secondary N) is 1. The number of hydrogen-bond acceptors (Lipinski definition) is 5. The number of nitro groups is 1. The van der Waals surface area contributed by atoms with Gasteiger partial charge in [0.25, 0.3) is 0 Å². The Bertz CT molecular complexity index is 440. The molecule has 1 atom stereocenters. The summed E-state index contributed by atoms with van der Waals surface area (Å²) in [6.07, 6.45) is 3.95. The largest absolute Gasteiger partial charge is 0.487 e. The zero-order chi connectivity index (χ0) is 15.0. The molecule has 1 unspecified atom stereocenters. The molecule has 1 rings (SSSR count). The zero-order valence-corrected chi connectivity index (χ0v) is 13.0. The summed E-state index contributed by atoms with van der Waals surface area (Å²) in [5.74, 6) is 0.333. The number of thioether (sulfide) groups is 1. The van der Waals surface area contributed by atoms with Crippen molar-refractivity contribution in [2.45, 2.75) is 31.9 Å². The van der Waals surface area contributed by atoms with E-state index in [9.17, 15) is 10.1 Å². The predicted molar refractivity (Wildman–Crippen MR) is 85.0 cm³/mol. The van der Waals surface area contributed by atoms with Gasteiger partial charge in [-0.25, -0.2) is 0 Å². The fraction of sp³-hybridized carbons (Fsp3) is 0.571. The average molecular weight is 298 g/mol. The van der Waals surface area contributed by atoms with Crippen molar-refractivity contribution >= 4 is 23.1 Å². The minimum atomic E-state index is -0.412. The molecule has 0 fully saturated rings. The second-order valence-corrected chi connectivity index (χ2v) is 5.83. The summed E-state index contributed by atoms with van der Waals surface area (Å²) in [4.78, 5) is 10.5. The molecule has 1 N–H and O–H groups in total. The molecule has 0 amide bonds. The third-order valence-electron chi connectivity index (χ3n) is 2.90. The van der Waals surface area contributed by atoms with Gasteiger partial charge in [-0.05, 0) is 25.2 Å². The van der Waals surface area contributed by atoms with E-state index in [0.717, 1.165) is 25.1 Å². The summed E-state index contributed by atoms with van der Waals surface area (Å²) in [6, 6.07) is 4.92. The van der Waals surface area contributed by atoms with Gasteiger partial charge in [-0.15, -0.1) is 0 Å². The van der Waals surface area contributed by atoms with Gasteiger partial charge in [0.2, 0.25) is 0 Å². The zero-order valence-electron chi connectivity index (χ0n) is 12.2. The summed E-state index contributed by atoms with van der Waals surface area (Å²) in [7, 11) is 0. The van der Waals surface area contributed by atoms with Crippen molar-refractivity contribution in [1.29, 1.82) is 0 Å². The van der Waals surface area contributed by atoms with Gasteiger partial charge in [-0.2, -0.15) is 11.8 Å². The van der Waals surface area contributed by atoms with Crippen LogP contribution in [0.25, 0.3) is 0 Å². The predicted octanol–water partition coefficient (Wildman–Crippen LogP) is 3.94. The van der Waals surface area contributed by atoms with Gasteiger partial charge in [0.05, 0.1) is 11.5 Å². The molecule has 0 saturated heterocycles. The first kappa shape index (κ1) is 16.6. The average Bonchev–Trinajstić information content (AvgIpc) is 2.44. The molecule has 0 saturated carbocycles. The Labute approximate surface area is 124 Å². The quantitative estimate of drug-likeness (QED) is 0.552. The molecular weight excluding hydrogens is 276 g/mol. The molecule has 0 aliphatic rings. The van der Waals surface area contributed by atoms with E-state index >= 15 is 0 Å². The highest BCUT2D eigenvalue weighted by atomic mass is 32.2. The highest BCUT2D eigenvalue weighted by molar-refractivity contribution is 7.99. The van der Waals surface area contributed by atoms with Crippen LogP contribution in [-0.2, 0) is 0 Å². The number of nitro benzene ring substituents is 1. The molecule has 112 valence electrons. The Morgan fingerprint density at radius 1 is 1.50 bits per heavy atom. The minimum Gasteiger partial charge on any atom is -0.487 e. The maximum absolute atomic E-state index is 10.9. The summed E-state index contributed by atoms with van der Waals surface area (Å²) in [6.45, 7) is 5.47. The van der Waals surface area contributed by atoms with Gasteiger partial charge in [0, 0.05) is 29.6 Å². The standard InChI is InChI=1S/C14H22N2O3S/c1-4-9-19-14-10-12(5-6-13(14)16(17)18)15-8-7-11(2)20-3/h5-6,10-11,15H,4,7-9H2,1-3H3. The summed E-state index contributed by atoms with van der Waals surface area (Å²) in [5, 5.41) is 14.8. The second-order valence-electron chi connectivity index (χ2n) is 4.55. The lowest BCUT2D eigenvalue weighted by molar-refractivity contribution is -0.385. The molecule has 0 bridgehead atoms. The molecule has 0 spiro atoms. The van der Waals surface area contributed by atoms with Crippen LogP contribution >= 0.6 is 11.8 Å². The maximum atomic E-state index is 10.9. The SMILES string of the molecule is CCCOc1cc(NCCC(C)SC)ccc1[N+](=O)[O-]. The molecule has 1 aromatic rings. The van der Waals surface area contributed by atoms with Gasteiger partial charge in [-0.3, -0.25) is 10.1 Å². The lowest BCUT2D eigenvalue weighted by Crippen LogP contribution is -2.08. The first-order valence-corrected chi connectivity index (χ1v) is 8.05. The highest BCUT2D eigenvalue weighted by Crippen LogP contribution is 2.30. The van der Waals surface area contributed by atoms with Crippen molar-refractivity contribution in [1.82, 2.24) is 0 Å². The smallest absolute Gasteiger partial charge is 0.311 e. The van der Waals surface area contributed by atoms with Gasteiger partial charge in [0.1, 0.15) is 0 Å². The van der Waals surface area contributed by atoms with E-state index in [1.807, 2.05) is 18.7 Å². The molecular formula is C14H22N2O3S. The molecule has 6 heteroatoms. The third-order valence-corrected chi connectivity index (χ3v) is 3.94. The van der Waals surface area contributed by atoms with E-state index in [4.69, 9.17) is 4.74 Å².